The summed E-state index contributed by atoms with van der Waals surface area (Å²) in [4.78, 5) is 41.4. The molecular weight excluding hydrogens is 460 g/mol. The number of hydrogen-bond donors (Lipinski definition) is 2. The number of ether oxygens (including phenoxy) is 2. The molecule has 1 atom stereocenters. The topological polar surface area (TPSA) is 100 Å². The summed E-state index contributed by atoms with van der Waals surface area (Å²) in [7, 11) is 1.34. The largest absolute Gasteiger partial charge is 0.494 e. The first-order chi connectivity index (χ1) is 17.4. The number of carbonyl (C=O) groups is 3. The van der Waals surface area contributed by atoms with Crippen LogP contribution in [0, 0.1) is 0 Å². The fourth-order valence-corrected chi connectivity index (χ4v) is 4.56. The summed E-state index contributed by atoms with van der Waals surface area (Å²) in [5.74, 6) is 0.285. The Hall–Kier alpha value is -3.85. The Labute approximate surface area is 211 Å². The number of hydrogen-bond acceptors (Lipinski definition) is 7. The predicted molar refractivity (Wildman–Crippen MR) is 136 cm³/mol. The van der Waals surface area contributed by atoms with Crippen molar-refractivity contribution < 1.29 is 23.9 Å². The molecule has 2 aliphatic rings. The number of nitrogens with zero attached hydrogens (tertiary/aromatic N) is 2. The number of methoxy groups -OCH3 is 1. The molecule has 2 N–H and O–H groups in total. The Bertz CT molecular complexity index is 1140. The van der Waals surface area contributed by atoms with Gasteiger partial charge in [0.1, 0.15) is 5.75 Å². The SMILES string of the molecule is CCOc1ccc(C2NC(=O)NC(CN3CCN(c4ccc(C(C)=O)cc4)CC3)=C2C(=O)OC)cc1. The van der Waals surface area contributed by atoms with E-state index in [0.717, 1.165) is 43.2 Å². The minimum atomic E-state index is -0.627. The quantitative estimate of drug-likeness (QED) is 0.432. The van der Waals surface area contributed by atoms with E-state index in [0.29, 0.717) is 30.0 Å². The van der Waals surface area contributed by atoms with Crippen LogP contribution in [-0.4, -0.2) is 69.1 Å². The third-order valence-electron chi connectivity index (χ3n) is 6.48. The summed E-state index contributed by atoms with van der Waals surface area (Å²) in [6, 6.07) is 14.0. The van der Waals surface area contributed by atoms with Gasteiger partial charge in [0.2, 0.25) is 0 Å². The molecule has 0 saturated carbocycles. The van der Waals surface area contributed by atoms with Crippen LogP contribution in [0.5, 0.6) is 5.75 Å². The van der Waals surface area contributed by atoms with Gasteiger partial charge in [-0.1, -0.05) is 12.1 Å². The molecular formula is C27H32N4O5. The Morgan fingerprint density at radius 2 is 1.67 bits per heavy atom. The zero-order valence-electron chi connectivity index (χ0n) is 20.9. The number of piperazine rings is 1. The van der Waals surface area contributed by atoms with Gasteiger partial charge < -0.3 is 25.0 Å². The molecule has 0 aliphatic carbocycles. The highest BCUT2D eigenvalue weighted by atomic mass is 16.5. The molecule has 2 aromatic carbocycles. The number of amides is 2. The van der Waals surface area contributed by atoms with Crippen LogP contribution in [0.4, 0.5) is 10.5 Å². The van der Waals surface area contributed by atoms with Crippen molar-refractivity contribution >= 4 is 23.5 Å². The minimum Gasteiger partial charge on any atom is -0.494 e. The van der Waals surface area contributed by atoms with E-state index in [1.54, 1.807) is 6.92 Å². The van der Waals surface area contributed by atoms with Crippen LogP contribution in [-0.2, 0) is 9.53 Å². The van der Waals surface area contributed by atoms with Gasteiger partial charge in [0.15, 0.2) is 5.78 Å². The Morgan fingerprint density at radius 3 is 2.25 bits per heavy atom. The highest BCUT2D eigenvalue weighted by Gasteiger charge is 2.34. The average molecular weight is 493 g/mol. The monoisotopic (exact) mass is 492 g/mol. The van der Waals surface area contributed by atoms with Crippen molar-refractivity contribution in [3.63, 3.8) is 0 Å². The number of esters is 1. The normalized spacial score (nSPS) is 18.4. The standard InChI is InChI=1S/C27H32N4O5/c1-4-36-22-11-7-20(8-12-22)25-24(26(33)35-3)23(28-27(34)29-25)17-30-13-15-31(16-14-30)21-9-5-19(6-10-21)18(2)32/h5-12,25H,4,13-17H2,1-3H3,(H2,28,29,34). The van der Waals surface area contributed by atoms with Gasteiger partial charge in [-0.3, -0.25) is 9.69 Å². The first-order valence-corrected chi connectivity index (χ1v) is 12.1. The predicted octanol–water partition coefficient (Wildman–Crippen LogP) is 2.89. The third-order valence-corrected chi connectivity index (χ3v) is 6.48. The number of anilines is 1. The van der Waals surface area contributed by atoms with Crippen molar-refractivity contribution in [1.29, 1.82) is 0 Å². The number of Topliss-reactive ketones (excluding diaryl/α,β-unsaturated/α-hetero) is 1. The van der Waals surface area contributed by atoms with E-state index in [2.05, 4.69) is 20.4 Å². The van der Waals surface area contributed by atoms with Gasteiger partial charge in [0, 0.05) is 49.7 Å². The molecule has 9 heteroatoms. The molecule has 1 saturated heterocycles. The van der Waals surface area contributed by atoms with E-state index in [1.807, 2.05) is 55.5 Å². The van der Waals surface area contributed by atoms with Gasteiger partial charge in [0.05, 0.1) is 25.3 Å². The Balaban J connectivity index is 1.50. The molecule has 190 valence electrons. The molecule has 0 aromatic heterocycles. The van der Waals surface area contributed by atoms with Crippen LogP contribution in [0.15, 0.2) is 59.8 Å². The maximum atomic E-state index is 12.8. The average Bonchev–Trinajstić information content (AvgIpc) is 2.89. The van der Waals surface area contributed by atoms with E-state index >= 15 is 0 Å². The van der Waals surface area contributed by atoms with Crippen molar-refractivity contribution in [3.05, 3.63) is 70.9 Å². The molecule has 1 fully saturated rings. The highest BCUT2D eigenvalue weighted by molar-refractivity contribution is 5.95. The number of urea groups is 1. The lowest BCUT2D eigenvalue weighted by atomic mass is 9.95. The smallest absolute Gasteiger partial charge is 0.338 e. The lowest BCUT2D eigenvalue weighted by Crippen LogP contribution is -2.51. The summed E-state index contributed by atoms with van der Waals surface area (Å²) in [5, 5.41) is 5.69. The van der Waals surface area contributed by atoms with Crippen molar-refractivity contribution in [2.24, 2.45) is 0 Å². The number of carbonyl (C=O) groups excluding carboxylic acids is 3. The fourth-order valence-electron chi connectivity index (χ4n) is 4.56. The van der Waals surface area contributed by atoms with Crippen molar-refractivity contribution in [2.45, 2.75) is 19.9 Å². The Kier molecular flexibility index (Phi) is 7.90. The molecule has 2 amide bonds. The van der Waals surface area contributed by atoms with E-state index in [4.69, 9.17) is 9.47 Å². The maximum Gasteiger partial charge on any atom is 0.338 e. The molecule has 0 radical (unpaired) electrons. The molecule has 9 nitrogen and oxygen atoms in total. The minimum absolute atomic E-state index is 0.0496. The summed E-state index contributed by atoms with van der Waals surface area (Å²) < 4.78 is 10.6. The molecule has 1 unspecified atom stereocenters. The summed E-state index contributed by atoms with van der Waals surface area (Å²) >= 11 is 0. The van der Waals surface area contributed by atoms with Gasteiger partial charge in [0.25, 0.3) is 0 Å². The van der Waals surface area contributed by atoms with Crippen molar-refractivity contribution in [1.82, 2.24) is 15.5 Å². The number of benzene rings is 2. The van der Waals surface area contributed by atoms with Crippen LogP contribution < -0.4 is 20.3 Å². The van der Waals surface area contributed by atoms with Gasteiger partial charge in [-0.2, -0.15) is 0 Å². The van der Waals surface area contributed by atoms with Gasteiger partial charge in [-0.15, -0.1) is 0 Å². The summed E-state index contributed by atoms with van der Waals surface area (Å²) in [5.41, 5.74) is 3.47. The second-order valence-corrected chi connectivity index (χ2v) is 8.78. The van der Waals surface area contributed by atoms with Gasteiger partial charge in [-0.25, -0.2) is 9.59 Å². The molecule has 2 aromatic rings. The maximum absolute atomic E-state index is 12.8. The van der Waals surface area contributed by atoms with Crippen LogP contribution >= 0.6 is 0 Å². The second kappa shape index (κ2) is 11.3. The number of rotatable bonds is 8. The van der Waals surface area contributed by atoms with Crippen molar-refractivity contribution in [2.75, 3.05) is 51.3 Å². The van der Waals surface area contributed by atoms with Crippen LogP contribution in [0.3, 0.4) is 0 Å². The zero-order chi connectivity index (χ0) is 25.7. The zero-order valence-corrected chi connectivity index (χ0v) is 20.9. The second-order valence-electron chi connectivity index (χ2n) is 8.78. The molecule has 2 aliphatic heterocycles. The highest BCUT2D eigenvalue weighted by Crippen LogP contribution is 2.29. The first kappa shape index (κ1) is 25.2. The number of nitrogens with one attached hydrogen (secondary N) is 2. The fraction of sp³-hybridized carbons (Fsp3) is 0.370. The van der Waals surface area contributed by atoms with Crippen LogP contribution in [0.2, 0.25) is 0 Å². The van der Waals surface area contributed by atoms with E-state index < -0.39 is 12.0 Å². The lowest BCUT2D eigenvalue weighted by molar-refractivity contribution is -0.136. The van der Waals surface area contributed by atoms with Crippen LogP contribution in [0.1, 0.15) is 35.8 Å². The summed E-state index contributed by atoms with van der Waals surface area (Å²) in [6.45, 7) is 7.52. The van der Waals surface area contributed by atoms with Gasteiger partial charge >= 0.3 is 12.0 Å². The number of ketones is 1. The van der Waals surface area contributed by atoms with Crippen molar-refractivity contribution in [3.8, 4) is 5.75 Å². The summed E-state index contributed by atoms with van der Waals surface area (Å²) in [6.07, 6.45) is 0. The van der Waals surface area contributed by atoms with Crippen LogP contribution in [0.25, 0.3) is 0 Å². The van der Waals surface area contributed by atoms with E-state index in [1.165, 1.54) is 7.11 Å². The molecule has 0 spiro atoms. The molecule has 36 heavy (non-hydrogen) atoms. The first-order valence-electron chi connectivity index (χ1n) is 12.1. The molecule has 4 rings (SSSR count). The van der Waals surface area contributed by atoms with E-state index in [-0.39, 0.29) is 11.8 Å². The van der Waals surface area contributed by atoms with Gasteiger partial charge in [-0.05, 0) is 55.8 Å². The lowest BCUT2D eigenvalue weighted by Gasteiger charge is -2.38. The Morgan fingerprint density at radius 1 is 1.00 bits per heavy atom. The molecule has 0 bridgehead atoms. The molecule has 2 heterocycles. The third kappa shape index (κ3) is 5.68. The van der Waals surface area contributed by atoms with E-state index in [9.17, 15) is 14.4 Å².